The Morgan fingerprint density at radius 3 is 2.38 bits per heavy atom. The smallest absolute Gasteiger partial charge is 0.304 e. The van der Waals surface area contributed by atoms with Crippen molar-refractivity contribution in [2.24, 2.45) is 5.92 Å². The summed E-state index contributed by atoms with van der Waals surface area (Å²) >= 11 is 3.74. The van der Waals surface area contributed by atoms with Crippen LogP contribution in [0.2, 0.25) is 0 Å². The third-order valence-corrected chi connectivity index (χ3v) is 5.52. The Morgan fingerprint density at radius 1 is 1.38 bits per heavy atom. The molecule has 0 saturated carbocycles. The molecule has 0 rings (SSSR count). The van der Waals surface area contributed by atoms with E-state index in [1.807, 2.05) is 0 Å². The molecule has 0 aromatic heterocycles. The number of thiol groups is 1. The van der Waals surface area contributed by atoms with Crippen molar-refractivity contribution in [2.45, 2.75) is 39.5 Å². The Bertz CT molecular complexity index is 171. The molecule has 0 aliphatic carbocycles. The molecule has 0 spiro atoms. The first kappa shape index (κ1) is 13.9. The highest BCUT2D eigenvalue weighted by Crippen LogP contribution is 2.43. The highest BCUT2D eigenvalue weighted by Gasteiger charge is 2.19. The zero-order chi connectivity index (χ0) is 10.3. The monoisotopic (exact) mass is 243 g/mol. The van der Waals surface area contributed by atoms with Crippen molar-refractivity contribution in [1.29, 1.82) is 0 Å². The first-order valence-corrected chi connectivity index (χ1v) is 9.15. The summed E-state index contributed by atoms with van der Waals surface area (Å²) in [6, 6.07) is 0. The van der Waals surface area contributed by atoms with Gasteiger partial charge in [0.05, 0.1) is 0 Å². The Kier molecular flexibility index (Phi) is 7.76. The third-order valence-electron chi connectivity index (χ3n) is 2.03. The molecule has 0 bridgehead atoms. The van der Waals surface area contributed by atoms with Crippen molar-refractivity contribution in [3.63, 3.8) is 0 Å². The molecule has 0 aromatic rings. The summed E-state index contributed by atoms with van der Waals surface area (Å²) in [6.45, 7) is 4.32. The third kappa shape index (κ3) is 9.23. The zero-order valence-corrected chi connectivity index (χ0v) is 10.9. The Hall–Kier alpha value is 0.920. The summed E-state index contributed by atoms with van der Waals surface area (Å²) in [6.07, 6.45) is 4.74. The van der Waals surface area contributed by atoms with E-state index < -0.39 is 5.69 Å². The lowest BCUT2D eigenvalue weighted by Gasteiger charge is -2.05. The molecular weight excluding hydrogens is 223 g/mol. The fourth-order valence-corrected chi connectivity index (χ4v) is 3.75. The predicted octanol–water partition coefficient (Wildman–Crippen LogP) is 2.88. The van der Waals surface area contributed by atoms with Crippen LogP contribution in [0.5, 0.6) is 0 Å². The first-order chi connectivity index (χ1) is 5.99. The van der Waals surface area contributed by atoms with Gasteiger partial charge < -0.3 is 9.79 Å². The van der Waals surface area contributed by atoms with E-state index in [2.05, 4.69) is 26.1 Å². The van der Waals surface area contributed by atoms with Gasteiger partial charge in [-0.3, -0.25) is 0 Å². The van der Waals surface area contributed by atoms with Crippen LogP contribution in [0.15, 0.2) is 0 Å². The van der Waals surface area contributed by atoms with Crippen molar-refractivity contribution in [1.82, 2.24) is 0 Å². The molecule has 0 aliphatic heterocycles. The van der Waals surface area contributed by atoms with Gasteiger partial charge in [0, 0.05) is 5.92 Å². The first-order valence-electron chi connectivity index (χ1n) is 4.71. The summed E-state index contributed by atoms with van der Waals surface area (Å²) in [7, 11) is 1.20. The highest BCUT2D eigenvalue weighted by molar-refractivity contribution is 8.62. The molecule has 1 atom stereocenters. The molecule has 13 heavy (non-hydrogen) atoms. The quantitative estimate of drug-likeness (QED) is 0.381. The molecule has 0 aromatic carbocycles. The Balaban J connectivity index is 3.85. The molecule has 0 amide bonds. The lowest BCUT2D eigenvalue weighted by atomic mass is 10.0. The number of unbranched alkanes of at least 4 members (excludes halogenated alkanes) is 1. The molecule has 0 saturated heterocycles. The molecule has 5 heteroatoms. The molecular formula is C8H20O2PS2+. The second-order valence-corrected chi connectivity index (χ2v) is 9.63. The normalized spacial score (nSPS) is 14.2. The Labute approximate surface area is 90.0 Å². The maximum atomic E-state index is 9.08. The van der Waals surface area contributed by atoms with Gasteiger partial charge >= 0.3 is 5.69 Å². The van der Waals surface area contributed by atoms with Crippen LogP contribution in [0.4, 0.5) is 0 Å². The van der Waals surface area contributed by atoms with Gasteiger partial charge in [-0.2, -0.15) is 0 Å². The molecule has 0 heterocycles. The van der Waals surface area contributed by atoms with E-state index in [0.717, 1.165) is 12.2 Å². The minimum Gasteiger partial charge on any atom is -0.304 e. The molecule has 1 unspecified atom stereocenters. The van der Waals surface area contributed by atoms with Crippen molar-refractivity contribution < 1.29 is 9.79 Å². The van der Waals surface area contributed by atoms with E-state index >= 15 is 0 Å². The molecule has 0 fully saturated rings. The van der Waals surface area contributed by atoms with Gasteiger partial charge in [0.2, 0.25) is 10.9 Å². The maximum Gasteiger partial charge on any atom is 0.427 e. The predicted molar refractivity (Wildman–Crippen MR) is 65.9 cm³/mol. The van der Waals surface area contributed by atoms with Gasteiger partial charge in [0.1, 0.15) is 0 Å². The summed E-state index contributed by atoms with van der Waals surface area (Å²) in [5.74, 6) is 1.43. The minimum absolute atomic E-state index is 0.607. The number of rotatable bonds is 6. The summed E-state index contributed by atoms with van der Waals surface area (Å²) in [4.78, 5) is 18.2. The summed E-state index contributed by atoms with van der Waals surface area (Å²) in [5, 5.41) is 0. The van der Waals surface area contributed by atoms with Crippen LogP contribution in [0, 0.1) is 5.92 Å². The lowest BCUT2D eigenvalue weighted by molar-refractivity contribution is 0.495. The fourth-order valence-electron chi connectivity index (χ4n) is 1.10. The molecule has 0 aliphatic rings. The minimum atomic E-state index is -2.90. The second-order valence-electron chi connectivity index (χ2n) is 3.23. The Morgan fingerprint density at radius 2 is 2.00 bits per heavy atom. The van der Waals surface area contributed by atoms with E-state index in [0.29, 0.717) is 5.92 Å². The largest absolute Gasteiger partial charge is 0.427 e. The lowest BCUT2D eigenvalue weighted by Crippen LogP contribution is -2.03. The van der Waals surface area contributed by atoms with Crippen LogP contribution >= 0.6 is 17.9 Å². The van der Waals surface area contributed by atoms with Crippen LogP contribution in [0.25, 0.3) is 0 Å². The van der Waals surface area contributed by atoms with Gasteiger partial charge in [0.25, 0.3) is 0 Å². The van der Waals surface area contributed by atoms with Crippen LogP contribution in [-0.2, 0) is 10.9 Å². The molecule has 0 radical (unpaired) electrons. The SMILES string of the molecule is CCCCC(CC)C[S+]=P(O)(O)S. The van der Waals surface area contributed by atoms with Gasteiger partial charge in [-0.05, 0) is 25.1 Å². The van der Waals surface area contributed by atoms with E-state index in [1.165, 1.54) is 30.2 Å². The maximum absolute atomic E-state index is 9.08. The molecule has 2 nitrogen and oxygen atoms in total. The summed E-state index contributed by atoms with van der Waals surface area (Å²) < 4.78 is 0. The van der Waals surface area contributed by atoms with Gasteiger partial charge in [0.15, 0.2) is 5.75 Å². The summed E-state index contributed by atoms with van der Waals surface area (Å²) in [5.41, 5.74) is -2.90. The van der Waals surface area contributed by atoms with E-state index in [4.69, 9.17) is 9.79 Å². The number of hydrogen-bond acceptors (Lipinski definition) is 0. The van der Waals surface area contributed by atoms with Crippen molar-refractivity contribution in [2.75, 3.05) is 5.75 Å². The van der Waals surface area contributed by atoms with Crippen molar-refractivity contribution in [3.8, 4) is 0 Å². The van der Waals surface area contributed by atoms with Crippen LogP contribution in [0.3, 0.4) is 0 Å². The fraction of sp³-hybridized carbons (Fsp3) is 1.00. The standard InChI is InChI=1S/C8H20O2PS2/c1-3-5-6-8(4-2)7-13-11(9,10)12/h8-10,12H,3-7H2,1-2H3/q+1. The average Bonchev–Trinajstić information content (AvgIpc) is 2.03. The van der Waals surface area contributed by atoms with E-state index in [9.17, 15) is 0 Å². The van der Waals surface area contributed by atoms with Crippen molar-refractivity contribution >= 4 is 28.9 Å². The molecule has 2 N–H and O–H groups in total. The van der Waals surface area contributed by atoms with Crippen LogP contribution in [0.1, 0.15) is 39.5 Å². The highest BCUT2D eigenvalue weighted by atomic mass is 32.9. The van der Waals surface area contributed by atoms with Crippen LogP contribution in [-0.4, -0.2) is 15.5 Å². The zero-order valence-electron chi connectivity index (χ0n) is 8.31. The van der Waals surface area contributed by atoms with Gasteiger partial charge in [-0.1, -0.05) is 26.7 Å². The topological polar surface area (TPSA) is 40.5 Å². The average molecular weight is 243 g/mol. The molecule has 80 valence electrons. The van der Waals surface area contributed by atoms with Gasteiger partial charge in [-0.25, -0.2) is 0 Å². The van der Waals surface area contributed by atoms with Gasteiger partial charge in [-0.15, -0.1) is 0 Å². The van der Waals surface area contributed by atoms with E-state index in [-0.39, 0.29) is 0 Å². The van der Waals surface area contributed by atoms with E-state index in [1.54, 1.807) is 0 Å². The van der Waals surface area contributed by atoms with Crippen LogP contribution < -0.4 is 0 Å². The number of hydrogen-bond donors (Lipinski definition) is 3. The van der Waals surface area contributed by atoms with Crippen molar-refractivity contribution in [3.05, 3.63) is 0 Å². The second kappa shape index (κ2) is 7.24.